The molecule has 186 valence electrons. The highest BCUT2D eigenvalue weighted by atomic mass is 16.1. The minimum atomic E-state index is -0.0804. The number of Topliss-reactive ketones (excluding diaryl/α,β-unsaturated/α-hetero) is 3. The van der Waals surface area contributed by atoms with Crippen LogP contribution in [0.4, 0.5) is 0 Å². The van der Waals surface area contributed by atoms with Crippen molar-refractivity contribution in [2.24, 2.45) is 17.8 Å². The molecule has 0 fully saturated rings. The Bertz CT molecular complexity index is 952. The van der Waals surface area contributed by atoms with E-state index in [1.807, 2.05) is 0 Å². The van der Waals surface area contributed by atoms with Crippen LogP contribution in [0.25, 0.3) is 0 Å². The summed E-state index contributed by atoms with van der Waals surface area (Å²) >= 11 is 0. The lowest BCUT2D eigenvalue weighted by molar-refractivity contribution is -0.129. The summed E-state index contributed by atoms with van der Waals surface area (Å²) in [5.74, 6) is 1.56. The largest absolute Gasteiger partial charge is 0.300 e. The topological polar surface area (TPSA) is 51.2 Å². The fourth-order valence-electron chi connectivity index (χ4n) is 6.64. The third-order valence-corrected chi connectivity index (χ3v) is 8.19. The van der Waals surface area contributed by atoms with Crippen molar-refractivity contribution in [3.8, 4) is 0 Å². The van der Waals surface area contributed by atoms with E-state index >= 15 is 0 Å². The molecule has 0 N–H and O–H groups in total. The van der Waals surface area contributed by atoms with Crippen molar-refractivity contribution < 1.29 is 14.4 Å². The molecule has 3 nitrogen and oxygen atoms in total. The first-order chi connectivity index (χ1) is 16.2. The predicted octanol–water partition coefficient (Wildman–Crippen LogP) is 7.68. The van der Waals surface area contributed by atoms with Crippen LogP contribution in [0.3, 0.4) is 0 Å². The third-order valence-electron chi connectivity index (χ3n) is 8.19. The van der Waals surface area contributed by atoms with Crippen LogP contribution >= 0.6 is 0 Å². The van der Waals surface area contributed by atoms with E-state index in [-0.39, 0.29) is 41.5 Å². The summed E-state index contributed by atoms with van der Waals surface area (Å²) in [4.78, 5) is 38.1. The van der Waals surface area contributed by atoms with E-state index in [9.17, 15) is 14.4 Å². The van der Waals surface area contributed by atoms with Crippen LogP contribution < -0.4 is 0 Å². The summed E-state index contributed by atoms with van der Waals surface area (Å²) in [6.45, 7) is 12.3. The average molecular weight is 465 g/mol. The molecule has 0 bridgehead atoms. The van der Waals surface area contributed by atoms with Crippen LogP contribution in [0.1, 0.15) is 130 Å². The maximum absolute atomic E-state index is 13.6. The summed E-state index contributed by atoms with van der Waals surface area (Å²) in [5, 5.41) is 0. The Kier molecular flexibility index (Phi) is 9.07. The van der Waals surface area contributed by atoms with Gasteiger partial charge in [-0.25, -0.2) is 0 Å². The predicted molar refractivity (Wildman–Crippen MR) is 140 cm³/mol. The molecule has 0 heterocycles. The van der Waals surface area contributed by atoms with Gasteiger partial charge in [-0.05, 0) is 86.0 Å². The quantitative estimate of drug-likeness (QED) is 0.249. The molecule has 3 heteroatoms. The molecule has 1 aromatic rings. The van der Waals surface area contributed by atoms with Crippen LogP contribution in [0.15, 0.2) is 18.2 Å². The van der Waals surface area contributed by atoms with E-state index in [2.05, 4.69) is 52.8 Å². The molecule has 0 spiro atoms. The Morgan fingerprint density at radius 1 is 1.15 bits per heavy atom. The lowest BCUT2D eigenvalue weighted by atomic mass is 9.70. The standard InChI is InChI=1S/C31H44O3/c1-7-11-24(25(8-2)29(33)14-20(5)32)15-22-16-28-26(19(3)4)18-27(23-12-9-10-13-23)21(6)31(28)30(34)17-22/h9,12,18-19,22-25H,7-8,10-11,13-17H2,1-6H3. The number of allylic oxidation sites excluding steroid dienone is 2. The van der Waals surface area contributed by atoms with Gasteiger partial charge in [0.2, 0.25) is 0 Å². The summed E-state index contributed by atoms with van der Waals surface area (Å²) in [7, 11) is 0. The molecule has 0 aliphatic heterocycles. The second kappa shape index (κ2) is 11.6. The maximum Gasteiger partial charge on any atom is 0.163 e. The zero-order valence-electron chi connectivity index (χ0n) is 22.2. The second-order valence-corrected chi connectivity index (χ2v) is 11.1. The van der Waals surface area contributed by atoms with Crippen molar-refractivity contribution in [1.82, 2.24) is 0 Å². The summed E-state index contributed by atoms with van der Waals surface area (Å²) in [6.07, 6.45) is 12.0. The molecule has 0 saturated heterocycles. The van der Waals surface area contributed by atoms with Crippen molar-refractivity contribution in [2.45, 2.75) is 111 Å². The molecular weight excluding hydrogens is 420 g/mol. The lowest BCUT2D eigenvalue weighted by Gasteiger charge is -2.34. The maximum atomic E-state index is 13.6. The molecule has 1 aromatic carbocycles. The van der Waals surface area contributed by atoms with Gasteiger partial charge in [0.15, 0.2) is 5.78 Å². The Morgan fingerprint density at radius 2 is 1.88 bits per heavy atom. The number of hydrogen-bond donors (Lipinski definition) is 0. The number of hydrogen-bond acceptors (Lipinski definition) is 3. The highest BCUT2D eigenvalue weighted by Crippen LogP contribution is 2.42. The molecule has 2 aliphatic rings. The Labute approximate surface area is 206 Å². The summed E-state index contributed by atoms with van der Waals surface area (Å²) < 4.78 is 0. The van der Waals surface area contributed by atoms with E-state index in [0.29, 0.717) is 18.3 Å². The lowest BCUT2D eigenvalue weighted by Crippen LogP contribution is -2.30. The van der Waals surface area contributed by atoms with Gasteiger partial charge in [-0.2, -0.15) is 0 Å². The molecule has 4 atom stereocenters. The zero-order valence-corrected chi connectivity index (χ0v) is 22.2. The number of fused-ring (bicyclic) bond motifs is 1. The SMILES string of the molecule is CCCC(CC1CC(=O)c2c(C)c(C3C=CCC3)cc(C(C)C)c2C1)C(CC)C(=O)CC(C)=O. The van der Waals surface area contributed by atoms with E-state index in [1.54, 1.807) is 0 Å². The monoisotopic (exact) mass is 464 g/mol. The van der Waals surface area contributed by atoms with E-state index in [4.69, 9.17) is 0 Å². The van der Waals surface area contributed by atoms with Crippen LogP contribution in [-0.4, -0.2) is 17.3 Å². The number of rotatable bonds is 11. The molecule has 0 saturated carbocycles. The molecule has 0 amide bonds. The summed E-state index contributed by atoms with van der Waals surface area (Å²) in [6, 6.07) is 2.39. The van der Waals surface area contributed by atoms with Gasteiger partial charge in [-0.15, -0.1) is 0 Å². The minimum Gasteiger partial charge on any atom is -0.300 e. The molecule has 4 unspecified atom stereocenters. The van der Waals surface area contributed by atoms with Crippen molar-refractivity contribution >= 4 is 17.3 Å². The molecule has 2 aliphatic carbocycles. The molecule has 34 heavy (non-hydrogen) atoms. The van der Waals surface area contributed by atoms with Crippen molar-refractivity contribution in [2.75, 3.05) is 0 Å². The van der Waals surface area contributed by atoms with Crippen molar-refractivity contribution in [3.63, 3.8) is 0 Å². The number of benzene rings is 1. The number of carbonyl (C=O) groups is 3. The molecule has 0 radical (unpaired) electrons. The first-order valence-electron chi connectivity index (χ1n) is 13.6. The first-order valence-corrected chi connectivity index (χ1v) is 13.6. The highest BCUT2D eigenvalue weighted by molar-refractivity contribution is 6.01. The zero-order chi connectivity index (χ0) is 25.0. The van der Waals surface area contributed by atoms with E-state index < -0.39 is 0 Å². The Hall–Kier alpha value is -2.03. The number of ketones is 3. The molecule has 0 aromatic heterocycles. The second-order valence-electron chi connectivity index (χ2n) is 11.1. The van der Waals surface area contributed by atoms with E-state index in [0.717, 1.165) is 50.5 Å². The van der Waals surface area contributed by atoms with Gasteiger partial charge in [-0.1, -0.05) is 58.8 Å². The fourth-order valence-corrected chi connectivity index (χ4v) is 6.64. The van der Waals surface area contributed by atoms with E-state index in [1.165, 1.54) is 29.2 Å². The Morgan fingerprint density at radius 3 is 2.44 bits per heavy atom. The van der Waals surface area contributed by atoms with Gasteiger partial charge < -0.3 is 0 Å². The van der Waals surface area contributed by atoms with Crippen LogP contribution in [-0.2, 0) is 16.0 Å². The van der Waals surface area contributed by atoms with Gasteiger partial charge in [0.25, 0.3) is 0 Å². The third kappa shape index (κ3) is 5.78. The summed E-state index contributed by atoms with van der Waals surface area (Å²) in [5.41, 5.74) is 6.11. The minimum absolute atomic E-state index is 0.0419. The normalized spacial score (nSPS) is 21.6. The number of carbonyl (C=O) groups excluding carboxylic acids is 3. The van der Waals surface area contributed by atoms with Gasteiger partial charge in [-0.3, -0.25) is 14.4 Å². The van der Waals surface area contributed by atoms with Gasteiger partial charge >= 0.3 is 0 Å². The van der Waals surface area contributed by atoms with Gasteiger partial charge in [0.1, 0.15) is 11.6 Å². The molecule has 3 rings (SSSR count). The Balaban J connectivity index is 1.92. The highest BCUT2D eigenvalue weighted by Gasteiger charge is 2.35. The first kappa shape index (κ1) is 26.6. The smallest absolute Gasteiger partial charge is 0.163 e. The van der Waals surface area contributed by atoms with Crippen molar-refractivity contribution in [3.05, 3.63) is 46.0 Å². The van der Waals surface area contributed by atoms with Crippen LogP contribution in [0.5, 0.6) is 0 Å². The van der Waals surface area contributed by atoms with Crippen LogP contribution in [0.2, 0.25) is 0 Å². The van der Waals surface area contributed by atoms with Crippen LogP contribution in [0, 0.1) is 24.7 Å². The van der Waals surface area contributed by atoms with Gasteiger partial charge in [0, 0.05) is 23.8 Å². The molecular formula is C31H44O3. The van der Waals surface area contributed by atoms with Gasteiger partial charge in [0.05, 0.1) is 6.42 Å². The average Bonchev–Trinajstić information content (AvgIpc) is 3.28. The fraction of sp³-hybridized carbons (Fsp3) is 0.645. The van der Waals surface area contributed by atoms with Crippen molar-refractivity contribution in [1.29, 1.82) is 0 Å².